The fourth-order valence-electron chi connectivity index (χ4n) is 0.696. The summed E-state index contributed by atoms with van der Waals surface area (Å²) in [6.45, 7) is 1.62. The van der Waals surface area contributed by atoms with Crippen molar-refractivity contribution >= 4 is 31.3 Å². The molecule has 0 aliphatic heterocycles. The fraction of sp³-hybridized carbons (Fsp3) is 0.250. The van der Waals surface area contributed by atoms with Gasteiger partial charge in [-0.15, -0.1) is 0 Å². The highest BCUT2D eigenvalue weighted by Gasteiger charge is 2.09. The Kier molecular flexibility index (Phi) is 3.64. The van der Waals surface area contributed by atoms with E-state index in [2.05, 4.69) is 0 Å². The highest BCUT2D eigenvalue weighted by Crippen LogP contribution is 2.25. The van der Waals surface area contributed by atoms with E-state index in [1.54, 1.807) is 31.2 Å². The summed E-state index contributed by atoms with van der Waals surface area (Å²) in [4.78, 5) is 0.700. The molecule has 0 fully saturated rings. The zero-order valence-electron chi connectivity index (χ0n) is 7.03. The summed E-state index contributed by atoms with van der Waals surface area (Å²) in [5.74, 6) is 0.139. The smallest absolute Gasteiger partial charge is 0.205 e. The molecule has 0 aromatic heterocycles. The number of rotatable bonds is 3. The normalized spacial score (nSPS) is 11.5. The minimum absolute atomic E-state index is 0.139. The highest BCUT2D eigenvalue weighted by atomic mass is 35.5. The van der Waals surface area contributed by atoms with Gasteiger partial charge in [0.1, 0.15) is 0 Å². The van der Waals surface area contributed by atoms with Gasteiger partial charge in [-0.05, 0) is 24.3 Å². The Balaban J connectivity index is 2.82. The summed E-state index contributed by atoms with van der Waals surface area (Å²) in [7, 11) is -2.14. The molecule has 0 aliphatic carbocycles. The molecular weight excluding hydrogens is 228 g/mol. The van der Waals surface area contributed by atoms with Gasteiger partial charge in [0, 0.05) is 20.7 Å². The molecule has 1 aromatic carbocycles. The van der Waals surface area contributed by atoms with Gasteiger partial charge in [-0.1, -0.05) is 18.5 Å². The second-order valence-corrected chi connectivity index (χ2v) is 7.17. The molecule has 0 aliphatic rings. The van der Waals surface area contributed by atoms with E-state index in [0.717, 1.165) is 10.8 Å². The largest absolute Gasteiger partial charge is 0.217 e. The molecule has 13 heavy (non-hydrogen) atoms. The Bertz CT molecular complexity index is 370. The van der Waals surface area contributed by atoms with E-state index < -0.39 is 8.87 Å². The lowest BCUT2D eigenvalue weighted by Gasteiger charge is -1.99. The van der Waals surface area contributed by atoms with Gasteiger partial charge >= 0.3 is 0 Å². The Morgan fingerprint density at radius 2 is 1.85 bits per heavy atom. The quantitative estimate of drug-likeness (QED) is 0.757. The zero-order chi connectivity index (χ0) is 9.90. The Morgan fingerprint density at radius 1 is 1.31 bits per heavy atom. The number of halogens is 1. The second-order valence-electron chi connectivity index (χ2n) is 2.38. The summed E-state index contributed by atoms with van der Waals surface area (Å²) in [6, 6.07) is 6.74. The lowest BCUT2D eigenvalue weighted by atomic mass is 10.4. The van der Waals surface area contributed by atoms with Crippen LogP contribution in [0, 0.1) is 0 Å². The minimum atomic E-state index is -3.01. The van der Waals surface area contributed by atoms with Crippen LogP contribution in [-0.2, 0) is 8.87 Å². The van der Waals surface area contributed by atoms with Gasteiger partial charge in [-0.3, -0.25) is 0 Å². The Labute approximate surface area is 86.6 Å². The molecular formula is C8H9ClO2S2. The van der Waals surface area contributed by atoms with Gasteiger partial charge < -0.3 is 0 Å². The maximum Gasteiger partial charge on any atom is 0.205 e. The maximum absolute atomic E-state index is 11.2. The molecule has 1 aromatic rings. The third-order valence-corrected chi connectivity index (χ3v) is 5.11. The van der Waals surface area contributed by atoms with Gasteiger partial charge in [0.05, 0.1) is 5.75 Å². The van der Waals surface area contributed by atoms with Crippen LogP contribution in [0.4, 0.5) is 0 Å². The van der Waals surface area contributed by atoms with E-state index in [-0.39, 0.29) is 5.75 Å². The number of benzene rings is 1. The van der Waals surface area contributed by atoms with E-state index in [1.165, 1.54) is 0 Å². The van der Waals surface area contributed by atoms with Gasteiger partial charge in [0.15, 0.2) is 0 Å². The van der Waals surface area contributed by atoms with Crippen LogP contribution in [0.3, 0.4) is 0 Å². The average Bonchev–Trinajstić information content (AvgIpc) is 2.09. The molecule has 0 saturated carbocycles. The van der Waals surface area contributed by atoms with Crippen LogP contribution < -0.4 is 0 Å². The summed E-state index contributed by atoms with van der Waals surface area (Å²) in [6.07, 6.45) is 0. The van der Waals surface area contributed by atoms with Crippen molar-refractivity contribution in [3.8, 4) is 0 Å². The average molecular weight is 237 g/mol. The predicted molar refractivity (Wildman–Crippen MR) is 56.8 cm³/mol. The van der Waals surface area contributed by atoms with Crippen LogP contribution >= 0.6 is 22.4 Å². The van der Waals surface area contributed by atoms with Crippen molar-refractivity contribution < 1.29 is 8.42 Å². The fourth-order valence-corrected chi connectivity index (χ4v) is 3.05. The molecule has 0 N–H and O–H groups in total. The van der Waals surface area contributed by atoms with E-state index in [0.29, 0.717) is 9.92 Å². The first-order valence-corrected chi connectivity index (χ1v) is 7.07. The highest BCUT2D eigenvalue weighted by molar-refractivity contribution is 8.72. The van der Waals surface area contributed by atoms with Gasteiger partial charge in [0.25, 0.3) is 0 Å². The molecule has 2 nitrogen and oxygen atoms in total. The third-order valence-electron chi connectivity index (χ3n) is 1.39. The molecule has 0 saturated heterocycles. The summed E-state index contributed by atoms with van der Waals surface area (Å²) < 4.78 is 22.4. The number of hydrogen-bond donors (Lipinski definition) is 0. The first-order chi connectivity index (χ1) is 6.03. The molecule has 0 heterocycles. The Hall–Kier alpha value is -0.190. The monoisotopic (exact) mass is 236 g/mol. The van der Waals surface area contributed by atoms with Crippen molar-refractivity contribution in [3.05, 3.63) is 29.3 Å². The minimum Gasteiger partial charge on any atom is -0.217 e. The molecule has 0 bridgehead atoms. The van der Waals surface area contributed by atoms with Crippen molar-refractivity contribution in [2.75, 3.05) is 5.75 Å². The van der Waals surface area contributed by atoms with Crippen LogP contribution in [-0.4, -0.2) is 14.2 Å². The topological polar surface area (TPSA) is 34.1 Å². The molecule has 0 atom stereocenters. The molecule has 0 unspecified atom stereocenters. The molecule has 0 spiro atoms. The molecule has 5 heteroatoms. The van der Waals surface area contributed by atoms with Crippen molar-refractivity contribution in [2.45, 2.75) is 11.8 Å². The molecule has 1 rings (SSSR count). The van der Waals surface area contributed by atoms with E-state index >= 15 is 0 Å². The first kappa shape index (κ1) is 10.9. The molecule has 72 valence electrons. The van der Waals surface area contributed by atoms with E-state index in [4.69, 9.17) is 11.6 Å². The number of hydrogen-bond acceptors (Lipinski definition) is 3. The van der Waals surface area contributed by atoms with E-state index in [1.807, 2.05) is 0 Å². The lowest BCUT2D eigenvalue weighted by molar-refractivity contribution is 0.611. The van der Waals surface area contributed by atoms with Crippen LogP contribution in [0.25, 0.3) is 0 Å². The van der Waals surface area contributed by atoms with Crippen LogP contribution in [0.15, 0.2) is 29.2 Å². The van der Waals surface area contributed by atoms with Crippen molar-refractivity contribution in [2.24, 2.45) is 0 Å². The Morgan fingerprint density at radius 3 is 2.31 bits per heavy atom. The maximum atomic E-state index is 11.2. The van der Waals surface area contributed by atoms with Gasteiger partial charge in [-0.25, -0.2) is 8.42 Å². The van der Waals surface area contributed by atoms with E-state index in [9.17, 15) is 8.42 Å². The van der Waals surface area contributed by atoms with Crippen LogP contribution in [0.2, 0.25) is 5.02 Å². The third kappa shape index (κ3) is 3.58. The zero-order valence-corrected chi connectivity index (χ0v) is 9.42. The first-order valence-electron chi connectivity index (χ1n) is 3.71. The molecule has 0 amide bonds. The van der Waals surface area contributed by atoms with Crippen LogP contribution in [0.5, 0.6) is 0 Å². The van der Waals surface area contributed by atoms with Gasteiger partial charge in [-0.2, -0.15) is 0 Å². The van der Waals surface area contributed by atoms with Crippen LogP contribution in [0.1, 0.15) is 6.92 Å². The van der Waals surface area contributed by atoms with Crippen molar-refractivity contribution in [1.82, 2.24) is 0 Å². The summed E-state index contributed by atoms with van der Waals surface area (Å²) in [5.41, 5.74) is 0. The van der Waals surface area contributed by atoms with Crippen molar-refractivity contribution in [3.63, 3.8) is 0 Å². The summed E-state index contributed by atoms with van der Waals surface area (Å²) in [5, 5.41) is 0.609. The SMILES string of the molecule is CCS(=O)(=O)Sc1ccc(Cl)cc1. The second kappa shape index (κ2) is 4.35. The van der Waals surface area contributed by atoms with Crippen molar-refractivity contribution in [1.29, 1.82) is 0 Å². The standard InChI is InChI=1S/C8H9ClO2S2/c1-2-13(10,11)12-8-5-3-7(9)4-6-8/h3-6H,2H2,1H3. The predicted octanol–water partition coefficient (Wildman–Crippen LogP) is 2.78. The molecule has 0 radical (unpaired) electrons. The lowest BCUT2D eigenvalue weighted by Crippen LogP contribution is -1.95. The van der Waals surface area contributed by atoms with Gasteiger partial charge in [0.2, 0.25) is 8.87 Å². The summed E-state index contributed by atoms with van der Waals surface area (Å²) >= 11 is 5.66.